The summed E-state index contributed by atoms with van der Waals surface area (Å²) in [6, 6.07) is 4.21. The summed E-state index contributed by atoms with van der Waals surface area (Å²) >= 11 is 0. The van der Waals surface area contributed by atoms with E-state index in [-0.39, 0.29) is 30.7 Å². The molecule has 0 aliphatic rings. The van der Waals surface area contributed by atoms with Crippen molar-refractivity contribution < 1.29 is 23.9 Å². The predicted octanol–water partition coefficient (Wildman–Crippen LogP) is 1.56. The van der Waals surface area contributed by atoms with E-state index in [1.165, 1.54) is 24.3 Å². The van der Waals surface area contributed by atoms with Crippen LogP contribution in [0.3, 0.4) is 0 Å². The summed E-state index contributed by atoms with van der Waals surface area (Å²) in [7, 11) is 0. The third-order valence-corrected chi connectivity index (χ3v) is 3.22. The molecule has 0 aromatic heterocycles. The maximum absolute atomic E-state index is 12.7. The van der Waals surface area contributed by atoms with E-state index >= 15 is 0 Å². The average molecular weight is 324 g/mol. The second kappa shape index (κ2) is 8.87. The van der Waals surface area contributed by atoms with E-state index in [4.69, 9.17) is 5.11 Å². The van der Waals surface area contributed by atoms with Crippen molar-refractivity contribution in [3.63, 3.8) is 0 Å². The summed E-state index contributed by atoms with van der Waals surface area (Å²) < 4.78 is 12.7. The molecule has 0 aliphatic heterocycles. The van der Waals surface area contributed by atoms with E-state index in [0.29, 0.717) is 12.0 Å². The first kappa shape index (κ1) is 18.6. The van der Waals surface area contributed by atoms with Gasteiger partial charge >= 0.3 is 5.97 Å². The largest absolute Gasteiger partial charge is 0.480 e. The second-order valence-electron chi connectivity index (χ2n) is 5.49. The smallest absolute Gasteiger partial charge is 0.326 e. The van der Waals surface area contributed by atoms with E-state index < -0.39 is 17.8 Å². The Labute approximate surface area is 134 Å². The van der Waals surface area contributed by atoms with Crippen LogP contribution in [0.1, 0.15) is 37.0 Å². The van der Waals surface area contributed by atoms with Crippen LogP contribution in [0.15, 0.2) is 24.3 Å². The third kappa shape index (κ3) is 6.46. The molecule has 0 heterocycles. The van der Waals surface area contributed by atoms with Crippen LogP contribution in [-0.4, -0.2) is 35.5 Å². The lowest BCUT2D eigenvalue weighted by molar-refractivity contribution is -0.143. The number of carboxylic acid groups (broad SMARTS) is 1. The fourth-order valence-electron chi connectivity index (χ4n) is 1.91. The van der Waals surface area contributed by atoms with Crippen LogP contribution < -0.4 is 10.6 Å². The highest BCUT2D eigenvalue weighted by Crippen LogP contribution is 2.04. The summed E-state index contributed by atoms with van der Waals surface area (Å²) in [5, 5.41) is 14.0. The first-order valence-corrected chi connectivity index (χ1v) is 7.37. The van der Waals surface area contributed by atoms with Gasteiger partial charge in [0.15, 0.2) is 0 Å². The van der Waals surface area contributed by atoms with Crippen molar-refractivity contribution >= 4 is 17.8 Å². The van der Waals surface area contributed by atoms with Gasteiger partial charge in [-0.25, -0.2) is 9.18 Å². The molecular weight excluding hydrogens is 303 g/mol. The molecule has 7 heteroatoms. The average Bonchev–Trinajstić information content (AvgIpc) is 2.49. The molecule has 0 fully saturated rings. The van der Waals surface area contributed by atoms with Crippen LogP contribution in [0.5, 0.6) is 0 Å². The molecule has 3 N–H and O–H groups in total. The summed E-state index contributed by atoms with van der Waals surface area (Å²) in [5.74, 6) is -2.43. The molecule has 2 amide bonds. The monoisotopic (exact) mass is 324 g/mol. The van der Waals surface area contributed by atoms with E-state index in [1.807, 2.05) is 0 Å². The zero-order chi connectivity index (χ0) is 17.4. The Bertz CT molecular complexity index is 558. The maximum atomic E-state index is 12.7. The van der Waals surface area contributed by atoms with E-state index in [9.17, 15) is 18.8 Å². The first-order valence-electron chi connectivity index (χ1n) is 7.37. The molecule has 1 aromatic carbocycles. The van der Waals surface area contributed by atoms with Crippen LogP contribution in [0.4, 0.5) is 4.39 Å². The zero-order valence-electron chi connectivity index (χ0n) is 13.1. The summed E-state index contributed by atoms with van der Waals surface area (Å²) in [4.78, 5) is 34.4. The third-order valence-electron chi connectivity index (χ3n) is 3.22. The number of halogens is 1. The second-order valence-corrected chi connectivity index (χ2v) is 5.49. The minimum Gasteiger partial charge on any atom is -0.480 e. The van der Waals surface area contributed by atoms with Gasteiger partial charge in [0.2, 0.25) is 5.91 Å². The molecule has 126 valence electrons. The van der Waals surface area contributed by atoms with Crippen LogP contribution in [0.2, 0.25) is 0 Å². The van der Waals surface area contributed by atoms with Crippen LogP contribution in [0, 0.1) is 11.7 Å². The number of rotatable bonds is 8. The van der Waals surface area contributed by atoms with Crippen LogP contribution >= 0.6 is 0 Å². The lowest BCUT2D eigenvalue weighted by Gasteiger charge is -2.17. The first-order chi connectivity index (χ1) is 10.8. The number of hydrogen-bond acceptors (Lipinski definition) is 3. The van der Waals surface area contributed by atoms with Gasteiger partial charge in [-0.3, -0.25) is 9.59 Å². The Kier molecular flexibility index (Phi) is 7.18. The van der Waals surface area contributed by atoms with Crippen molar-refractivity contribution in [2.75, 3.05) is 6.54 Å². The van der Waals surface area contributed by atoms with Crippen molar-refractivity contribution in [1.82, 2.24) is 10.6 Å². The van der Waals surface area contributed by atoms with Gasteiger partial charge in [-0.05, 0) is 36.6 Å². The lowest BCUT2D eigenvalue weighted by Crippen LogP contribution is -2.44. The van der Waals surface area contributed by atoms with Gasteiger partial charge in [0, 0.05) is 18.5 Å². The number of hydrogen-bond donors (Lipinski definition) is 3. The van der Waals surface area contributed by atoms with Gasteiger partial charge in [-0.2, -0.15) is 0 Å². The van der Waals surface area contributed by atoms with Crippen molar-refractivity contribution in [2.45, 2.75) is 32.7 Å². The number of carbonyl (C=O) groups is 3. The van der Waals surface area contributed by atoms with Crippen molar-refractivity contribution in [2.24, 2.45) is 5.92 Å². The van der Waals surface area contributed by atoms with Crippen molar-refractivity contribution in [1.29, 1.82) is 0 Å². The maximum Gasteiger partial charge on any atom is 0.326 e. The molecule has 1 aromatic rings. The molecule has 6 nitrogen and oxygen atoms in total. The van der Waals surface area contributed by atoms with Crippen molar-refractivity contribution in [3.05, 3.63) is 35.6 Å². The summed E-state index contributed by atoms with van der Waals surface area (Å²) in [6.07, 6.45) is 0.489. The molecule has 0 saturated carbocycles. The number of benzene rings is 1. The van der Waals surface area contributed by atoms with Gasteiger partial charge in [0.25, 0.3) is 5.91 Å². The highest BCUT2D eigenvalue weighted by atomic mass is 19.1. The number of aliphatic carboxylic acids is 1. The Balaban J connectivity index is 2.31. The molecule has 0 spiro atoms. The molecule has 0 aliphatic carbocycles. The van der Waals surface area contributed by atoms with E-state index in [2.05, 4.69) is 10.6 Å². The zero-order valence-corrected chi connectivity index (χ0v) is 13.1. The normalized spacial score (nSPS) is 11.8. The summed E-state index contributed by atoms with van der Waals surface area (Å²) in [6.45, 7) is 3.69. The molecule has 0 unspecified atom stereocenters. The standard InChI is InChI=1S/C16H21FN2O4/c1-10(2)14(16(22)23)19-13(20)4-3-9-18-15(21)11-5-7-12(17)8-6-11/h5-8,10,14H,3-4,9H2,1-2H3,(H,18,21)(H,19,20)(H,22,23)/t14-/m0/s1. The van der Waals surface area contributed by atoms with Gasteiger partial charge < -0.3 is 15.7 Å². The van der Waals surface area contributed by atoms with Gasteiger partial charge in [-0.15, -0.1) is 0 Å². The summed E-state index contributed by atoms with van der Waals surface area (Å²) in [5.41, 5.74) is 0.335. The molecule has 0 saturated heterocycles. The van der Waals surface area contributed by atoms with Gasteiger partial charge in [0.1, 0.15) is 11.9 Å². The Morgan fingerprint density at radius 3 is 2.30 bits per heavy atom. The molecule has 1 rings (SSSR count). The highest BCUT2D eigenvalue weighted by molar-refractivity contribution is 5.94. The number of amides is 2. The predicted molar refractivity (Wildman–Crippen MR) is 82.4 cm³/mol. The van der Waals surface area contributed by atoms with Gasteiger partial charge in [-0.1, -0.05) is 13.8 Å². The minimum absolute atomic E-state index is 0.111. The minimum atomic E-state index is -1.07. The van der Waals surface area contributed by atoms with Crippen LogP contribution in [0.25, 0.3) is 0 Å². The quantitative estimate of drug-likeness (QED) is 0.632. The number of nitrogens with one attached hydrogen (secondary N) is 2. The SMILES string of the molecule is CC(C)[C@H](NC(=O)CCCNC(=O)c1ccc(F)cc1)C(=O)O. The van der Waals surface area contributed by atoms with E-state index in [0.717, 1.165) is 0 Å². The Morgan fingerprint density at radius 2 is 1.78 bits per heavy atom. The molecule has 23 heavy (non-hydrogen) atoms. The Hall–Kier alpha value is -2.44. The molecule has 1 atom stereocenters. The number of carbonyl (C=O) groups excluding carboxylic acids is 2. The molecule has 0 radical (unpaired) electrons. The fourth-order valence-corrected chi connectivity index (χ4v) is 1.91. The molecule has 0 bridgehead atoms. The Morgan fingerprint density at radius 1 is 1.17 bits per heavy atom. The van der Waals surface area contributed by atoms with Crippen molar-refractivity contribution in [3.8, 4) is 0 Å². The lowest BCUT2D eigenvalue weighted by atomic mass is 10.0. The highest BCUT2D eigenvalue weighted by Gasteiger charge is 2.22. The fraction of sp³-hybridized carbons (Fsp3) is 0.438. The van der Waals surface area contributed by atoms with Gasteiger partial charge in [0.05, 0.1) is 0 Å². The van der Waals surface area contributed by atoms with E-state index in [1.54, 1.807) is 13.8 Å². The number of carboxylic acids is 1. The topological polar surface area (TPSA) is 95.5 Å². The van der Waals surface area contributed by atoms with Crippen LogP contribution in [-0.2, 0) is 9.59 Å². The molecular formula is C16H21FN2O4.